The third-order valence-corrected chi connectivity index (χ3v) is 2.96. The van der Waals surface area contributed by atoms with Crippen LogP contribution in [0.25, 0.3) is 0 Å². The first-order chi connectivity index (χ1) is 11.1. The first-order valence-electron chi connectivity index (χ1n) is 6.78. The maximum Gasteiger partial charge on any atom is 0.326 e. The molecule has 4 amide bonds. The van der Waals surface area contributed by atoms with E-state index in [1.54, 1.807) is 60.1 Å². The molecule has 0 aliphatic rings. The van der Waals surface area contributed by atoms with Gasteiger partial charge in [0.15, 0.2) is 0 Å². The Morgan fingerprint density at radius 3 is 2.17 bits per heavy atom. The fourth-order valence-corrected chi connectivity index (χ4v) is 1.86. The highest BCUT2D eigenvalue weighted by Gasteiger charge is 2.10. The minimum atomic E-state index is -0.653. The normalized spacial score (nSPS) is 9.78. The molecule has 7 heteroatoms. The molecule has 2 aromatic carbocycles. The molecular weight excluding hydrogens is 298 g/mol. The average Bonchev–Trinajstić information content (AvgIpc) is 2.57. The molecular formula is C16H15N3O4. The van der Waals surface area contributed by atoms with Crippen LogP contribution in [0.15, 0.2) is 54.6 Å². The zero-order chi connectivity index (χ0) is 16.7. The second-order valence-electron chi connectivity index (χ2n) is 4.68. The molecule has 0 radical (unpaired) electrons. The number of rotatable bonds is 4. The summed E-state index contributed by atoms with van der Waals surface area (Å²) in [6.45, 7) is 0. The van der Waals surface area contributed by atoms with Crippen molar-refractivity contribution >= 4 is 23.5 Å². The molecule has 2 rings (SSSR count). The molecule has 0 bridgehead atoms. The predicted octanol–water partition coefficient (Wildman–Crippen LogP) is 1.70. The van der Waals surface area contributed by atoms with E-state index < -0.39 is 17.8 Å². The number of hydroxylamine groups is 1. The van der Waals surface area contributed by atoms with E-state index in [1.807, 2.05) is 0 Å². The van der Waals surface area contributed by atoms with Crippen LogP contribution in [0.5, 0.6) is 0 Å². The summed E-state index contributed by atoms with van der Waals surface area (Å²) in [7, 11) is 0. The van der Waals surface area contributed by atoms with Crippen LogP contribution in [-0.4, -0.2) is 23.1 Å². The molecule has 0 aliphatic carbocycles. The van der Waals surface area contributed by atoms with Gasteiger partial charge in [0.05, 0.1) is 6.42 Å². The molecule has 7 nitrogen and oxygen atoms in total. The Balaban J connectivity index is 1.90. The van der Waals surface area contributed by atoms with Crippen LogP contribution >= 0.6 is 0 Å². The van der Waals surface area contributed by atoms with Gasteiger partial charge in [-0.25, -0.2) is 10.3 Å². The van der Waals surface area contributed by atoms with E-state index in [4.69, 9.17) is 5.21 Å². The second kappa shape index (κ2) is 7.71. The smallest absolute Gasteiger partial charge is 0.308 e. The molecule has 4 N–H and O–H groups in total. The molecule has 0 atom stereocenters. The number of imide groups is 1. The lowest BCUT2D eigenvalue weighted by atomic mass is 10.1. The Hall–Kier alpha value is -3.19. The minimum Gasteiger partial charge on any atom is -0.308 e. The van der Waals surface area contributed by atoms with Crippen molar-refractivity contribution < 1.29 is 19.6 Å². The van der Waals surface area contributed by atoms with Crippen molar-refractivity contribution in [2.45, 2.75) is 6.42 Å². The Morgan fingerprint density at radius 1 is 0.913 bits per heavy atom. The third-order valence-electron chi connectivity index (χ3n) is 2.96. The number of nitrogens with one attached hydrogen (secondary N) is 3. The number of hydrogen-bond donors (Lipinski definition) is 4. The highest BCUT2D eigenvalue weighted by atomic mass is 16.5. The lowest BCUT2D eigenvalue weighted by molar-refractivity contribution is -0.128. The van der Waals surface area contributed by atoms with E-state index in [0.717, 1.165) is 0 Å². The standard InChI is InChI=1S/C16H15N3O4/c20-14(19-23)10-11-6-8-13(9-7-11)17-16(22)18-15(21)12-4-2-1-3-5-12/h1-9,23H,10H2,(H,19,20)(H2,17,18,21,22). The quantitative estimate of drug-likeness (QED) is 0.509. The van der Waals surface area contributed by atoms with E-state index in [-0.39, 0.29) is 6.42 Å². The first-order valence-corrected chi connectivity index (χ1v) is 6.78. The highest BCUT2D eigenvalue weighted by molar-refractivity contribution is 6.07. The van der Waals surface area contributed by atoms with Crippen LogP contribution in [0.4, 0.5) is 10.5 Å². The van der Waals surface area contributed by atoms with Gasteiger partial charge in [-0.05, 0) is 29.8 Å². The van der Waals surface area contributed by atoms with Gasteiger partial charge >= 0.3 is 6.03 Å². The summed E-state index contributed by atoms with van der Waals surface area (Å²) >= 11 is 0. The Labute approximate surface area is 132 Å². The maximum absolute atomic E-state index is 11.8. The molecule has 0 aliphatic heterocycles. The van der Waals surface area contributed by atoms with Crippen LogP contribution < -0.4 is 16.1 Å². The van der Waals surface area contributed by atoms with Crippen molar-refractivity contribution in [2.75, 3.05) is 5.32 Å². The summed E-state index contributed by atoms with van der Waals surface area (Å²) in [6, 6.07) is 14.2. The average molecular weight is 313 g/mol. The van der Waals surface area contributed by atoms with Crippen LogP contribution in [0.3, 0.4) is 0 Å². The SMILES string of the molecule is O=C(Cc1ccc(NC(=O)NC(=O)c2ccccc2)cc1)NO. The van der Waals surface area contributed by atoms with Crippen molar-refractivity contribution in [2.24, 2.45) is 0 Å². The van der Waals surface area contributed by atoms with E-state index in [1.165, 1.54) is 0 Å². The Kier molecular flexibility index (Phi) is 5.43. The van der Waals surface area contributed by atoms with Crippen molar-refractivity contribution in [1.82, 2.24) is 10.8 Å². The van der Waals surface area contributed by atoms with Gasteiger partial charge in [0.25, 0.3) is 5.91 Å². The van der Waals surface area contributed by atoms with Crippen LogP contribution in [0, 0.1) is 0 Å². The molecule has 0 saturated carbocycles. The molecule has 0 aromatic heterocycles. The van der Waals surface area contributed by atoms with E-state index in [0.29, 0.717) is 16.8 Å². The number of amides is 4. The van der Waals surface area contributed by atoms with Gasteiger partial charge in [0.2, 0.25) is 5.91 Å². The molecule has 118 valence electrons. The van der Waals surface area contributed by atoms with Crippen LogP contribution in [-0.2, 0) is 11.2 Å². The van der Waals surface area contributed by atoms with Crippen LogP contribution in [0.2, 0.25) is 0 Å². The fourth-order valence-electron chi connectivity index (χ4n) is 1.86. The summed E-state index contributed by atoms with van der Waals surface area (Å²) in [6.07, 6.45) is 0.0233. The summed E-state index contributed by atoms with van der Waals surface area (Å²) in [4.78, 5) is 34.6. The first kappa shape index (κ1) is 16.2. The number of anilines is 1. The number of carbonyl (C=O) groups is 3. The number of urea groups is 1. The zero-order valence-electron chi connectivity index (χ0n) is 12.1. The zero-order valence-corrected chi connectivity index (χ0v) is 12.1. The van der Waals surface area contributed by atoms with Crippen LogP contribution in [0.1, 0.15) is 15.9 Å². The summed E-state index contributed by atoms with van der Waals surface area (Å²) in [5.74, 6) is -1.03. The summed E-state index contributed by atoms with van der Waals surface area (Å²) in [5, 5.41) is 13.2. The molecule has 2 aromatic rings. The minimum absolute atomic E-state index is 0.0233. The third kappa shape index (κ3) is 4.94. The number of hydrogen-bond acceptors (Lipinski definition) is 4. The van der Waals surface area contributed by atoms with Gasteiger partial charge in [-0.15, -0.1) is 0 Å². The maximum atomic E-state index is 11.8. The molecule has 23 heavy (non-hydrogen) atoms. The monoisotopic (exact) mass is 313 g/mol. The molecule has 0 unspecified atom stereocenters. The predicted molar refractivity (Wildman–Crippen MR) is 83.0 cm³/mol. The molecule has 0 heterocycles. The summed E-state index contributed by atoms with van der Waals surface area (Å²) in [5.41, 5.74) is 3.06. The van der Waals surface area contributed by atoms with E-state index in [9.17, 15) is 14.4 Å². The number of benzene rings is 2. The largest absolute Gasteiger partial charge is 0.326 e. The molecule has 0 fully saturated rings. The lowest BCUT2D eigenvalue weighted by Gasteiger charge is -2.07. The van der Waals surface area contributed by atoms with E-state index >= 15 is 0 Å². The van der Waals surface area contributed by atoms with Crippen molar-refractivity contribution in [3.63, 3.8) is 0 Å². The van der Waals surface area contributed by atoms with Crippen molar-refractivity contribution in [3.05, 3.63) is 65.7 Å². The Bertz CT molecular complexity index is 699. The van der Waals surface area contributed by atoms with Crippen molar-refractivity contribution in [1.29, 1.82) is 0 Å². The molecule has 0 spiro atoms. The van der Waals surface area contributed by atoms with Gasteiger partial charge in [0.1, 0.15) is 0 Å². The fraction of sp³-hybridized carbons (Fsp3) is 0.0625. The van der Waals surface area contributed by atoms with Gasteiger partial charge in [-0.1, -0.05) is 30.3 Å². The van der Waals surface area contributed by atoms with Gasteiger partial charge in [-0.3, -0.25) is 20.1 Å². The highest BCUT2D eigenvalue weighted by Crippen LogP contribution is 2.10. The number of carbonyl (C=O) groups excluding carboxylic acids is 3. The summed E-state index contributed by atoms with van der Waals surface area (Å²) < 4.78 is 0. The molecule has 0 saturated heterocycles. The van der Waals surface area contributed by atoms with Gasteiger partial charge in [0, 0.05) is 11.3 Å². The van der Waals surface area contributed by atoms with Crippen molar-refractivity contribution in [3.8, 4) is 0 Å². The topological polar surface area (TPSA) is 108 Å². The Morgan fingerprint density at radius 2 is 1.57 bits per heavy atom. The van der Waals surface area contributed by atoms with Gasteiger partial charge in [-0.2, -0.15) is 0 Å². The van der Waals surface area contributed by atoms with Gasteiger partial charge < -0.3 is 5.32 Å². The second-order valence-corrected chi connectivity index (χ2v) is 4.68. The van der Waals surface area contributed by atoms with E-state index in [2.05, 4.69) is 10.6 Å². The lowest BCUT2D eigenvalue weighted by Crippen LogP contribution is -2.34.